The minimum Gasteiger partial charge on any atom is -0.385 e. The van der Waals surface area contributed by atoms with Gasteiger partial charge in [-0.15, -0.1) is 0 Å². The Balaban J connectivity index is 2.60. The molecule has 0 saturated carbocycles. The van der Waals surface area contributed by atoms with Gasteiger partial charge in [-0.1, -0.05) is 33.6 Å². The molecule has 1 N–H and O–H groups in total. The zero-order valence-electron chi connectivity index (χ0n) is 10.5. The highest BCUT2D eigenvalue weighted by Crippen LogP contribution is 2.26. The molecule has 0 bridgehead atoms. The fourth-order valence-electron chi connectivity index (χ4n) is 1.75. The standard InChI is InChI=1S/C13H19BrClNO/c1-9(6-7-17-3)16-10(2)12-5-4-11(14)8-13(12)15/h4-5,8-10,16H,6-7H2,1-3H3. The Morgan fingerprint density at radius 1 is 1.41 bits per heavy atom. The van der Waals surface area contributed by atoms with Gasteiger partial charge in [-0.05, 0) is 38.0 Å². The van der Waals surface area contributed by atoms with E-state index in [1.54, 1.807) is 7.11 Å². The Bertz CT molecular complexity index is 359. The molecule has 0 aliphatic heterocycles. The summed E-state index contributed by atoms with van der Waals surface area (Å²) >= 11 is 9.63. The summed E-state index contributed by atoms with van der Waals surface area (Å²) in [6.07, 6.45) is 0.995. The summed E-state index contributed by atoms with van der Waals surface area (Å²) < 4.78 is 6.07. The van der Waals surface area contributed by atoms with Crippen molar-refractivity contribution in [3.8, 4) is 0 Å². The van der Waals surface area contributed by atoms with Crippen LogP contribution in [0.2, 0.25) is 5.02 Å². The largest absolute Gasteiger partial charge is 0.385 e. The van der Waals surface area contributed by atoms with Gasteiger partial charge >= 0.3 is 0 Å². The van der Waals surface area contributed by atoms with Crippen molar-refractivity contribution in [3.05, 3.63) is 33.3 Å². The van der Waals surface area contributed by atoms with Crippen LogP contribution in [-0.4, -0.2) is 19.8 Å². The van der Waals surface area contributed by atoms with Crippen molar-refractivity contribution in [1.29, 1.82) is 0 Å². The summed E-state index contributed by atoms with van der Waals surface area (Å²) in [6.45, 7) is 5.05. The van der Waals surface area contributed by atoms with E-state index in [0.29, 0.717) is 6.04 Å². The number of hydrogen-bond acceptors (Lipinski definition) is 2. The summed E-state index contributed by atoms with van der Waals surface area (Å²) in [6, 6.07) is 6.63. The molecule has 2 nitrogen and oxygen atoms in total. The first-order valence-corrected chi connectivity index (χ1v) is 6.91. The van der Waals surface area contributed by atoms with Crippen molar-refractivity contribution >= 4 is 27.5 Å². The molecule has 96 valence electrons. The second-order valence-electron chi connectivity index (χ2n) is 4.24. The molecule has 1 aromatic carbocycles. The first-order valence-electron chi connectivity index (χ1n) is 5.74. The molecular formula is C13H19BrClNO. The van der Waals surface area contributed by atoms with Gasteiger partial charge in [0.1, 0.15) is 0 Å². The Morgan fingerprint density at radius 2 is 2.12 bits per heavy atom. The lowest BCUT2D eigenvalue weighted by Crippen LogP contribution is -2.30. The summed E-state index contributed by atoms with van der Waals surface area (Å²) in [5.41, 5.74) is 1.12. The van der Waals surface area contributed by atoms with Crippen molar-refractivity contribution < 1.29 is 4.74 Å². The quantitative estimate of drug-likeness (QED) is 0.849. The van der Waals surface area contributed by atoms with E-state index in [9.17, 15) is 0 Å². The number of rotatable bonds is 6. The highest BCUT2D eigenvalue weighted by molar-refractivity contribution is 9.10. The van der Waals surface area contributed by atoms with E-state index in [0.717, 1.165) is 28.1 Å². The minimum atomic E-state index is 0.238. The molecule has 0 heterocycles. The molecule has 1 aromatic rings. The van der Waals surface area contributed by atoms with Gasteiger partial charge in [0.25, 0.3) is 0 Å². The van der Waals surface area contributed by atoms with Crippen LogP contribution in [0, 0.1) is 0 Å². The summed E-state index contributed by atoms with van der Waals surface area (Å²) in [5, 5.41) is 4.30. The van der Waals surface area contributed by atoms with Crippen LogP contribution in [0.25, 0.3) is 0 Å². The molecule has 1 rings (SSSR count). The van der Waals surface area contributed by atoms with Crippen LogP contribution in [0.15, 0.2) is 22.7 Å². The maximum Gasteiger partial charge on any atom is 0.0476 e. The third-order valence-electron chi connectivity index (χ3n) is 2.72. The average molecular weight is 321 g/mol. The maximum atomic E-state index is 6.22. The SMILES string of the molecule is COCCC(C)NC(C)c1ccc(Br)cc1Cl. The predicted molar refractivity (Wildman–Crippen MR) is 76.7 cm³/mol. The molecule has 4 heteroatoms. The highest BCUT2D eigenvalue weighted by Gasteiger charge is 2.12. The Morgan fingerprint density at radius 3 is 2.71 bits per heavy atom. The number of ether oxygens (including phenoxy) is 1. The second kappa shape index (κ2) is 7.37. The zero-order chi connectivity index (χ0) is 12.8. The zero-order valence-corrected chi connectivity index (χ0v) is 12.8. The predicted octanol–water partition coefficient (Wildman–Crippen LogP) is 4.18. The summed E-state index contributed by atoms with van der Waals surface area (Å²) in [4.78, 5) is 0. The fraction of sp³-hybridized carbons (Fsp3) is 0.538. The van der Waals surface area contributed by atoms with Crippen LogP contribution in [0.3, 0.4) is 0 Å². The van der Waals surface area contributed by atoms with E-state index in [2.05, 4.69) is 35.1 Å². The van der Waals surface area contributed by atoms with Gasteiger partial charge in [0.05, 0.1) is 0 Å². The third kappa shape index (κ3) is 4.96. The molecular weight excluding hydrogens is 302 g/mol. The van der Waals surface area contributed by atoms with E-state index < -0.39 is 0 Å². The lowest BCUT2D eigenvalue weighted by molar-refractivity contribution is 0.183. The van der Waals surface area contributed by atoms with Crippen LogP contribution in [0.5, 0.6) is 0 Å². The molecule has 0 aromatic heterocycles. The van der Waals surface area contributed by atoms with Gasteiger partial charge in [-0.2, -0.15) is 0 Å². The van der Waals surface area contributed by atoms with Crippen molar-refractivity contribution in [2.75, 3.05) is 13.7 Å². The Kier molecular flexibility index (Phi) is 6.49. The van der Waals surface area contributed by atoms with Crippen LogP contribution < -0.4 is 5.32 Å². The maximum absolute atomic E-state index is 6.22. The van der Waals surface area contributed by atoms with E-state index >= 15 is 0 Å². The summed E-state index contributed by atoms with van der Waals surface area (Å²) in [5.74, 6) is 0. The third-order valence-corrected chi connectivity index (χ3v) is 3.54. The normalized spacial score (nSPS) is 14.6. The smallest absolute Gasteiger partial charge is 0.0476 e. The molecule has 0 aliphatic carbocycles. The molecule has 0 aliphatic rings. The van der Waals surface area contributed by atoms with E-state index in [1.165, 1.54) is 0 Å². The Hall–Kier alpha value is -0.0900. The average Bonchev–Trinajstić information content (AvgIpc) is 2.26. The van der Waals surface area contributed by atoms with Gasteiger partial charge in [-0.3, -0.25) is 0 Å². The molecule has 17 heavy (non-hydrogen) atoms. The van der Waals surface area contributed by atoms with Gasteiger partial charge < -0.3 is 10.1 Å². The molecule has 0 saturated heterocycles. The summed E-state index contributed by atoms with van der Waals surface area (Å²) in [7, 11) is 1.72. The molecule has 0 spiro atoms. The van der Waals surface area contributed by atoms with Gasteiger partial charge in [0.15, 0.2) is 0 Å². The number of hydrogen-bond donors (Lipinski definition) is 1. The molecule has 2 unspecified atom stereocenters. The van der Waals surface area contributed by atoms with Gasteiger partial charge in [-0.25, -0.2) is 0 Å². The fourth-order valence-corrected chi connectivity index (χ4v) is 2.58. The topological polar surface area (TPSA) is 21.3 Å². The van der Waals surface area contributed by atoms with Crippen molar-refractivity contribution in [3.63, 3.8) is 0 Å². The monoisotopic (exact) mass is 319 g/mol. The van der Waals surface area contributed by atoms with Crippen LogP contribution >= 0.6 is 27.5 Å². The molecule has 0 amide bonds. The van der Waals surface area contributed by atoms with Crippen molar-refractivity contribution in [2.45, 2.75) is 32.4 Å². The lowest BCUT2D eigenvalue weighted by Gasteiger charge is -2.21. The van der Waals surface area contributed by atoms with Crippen LogP contribution in [-0.2, 0) is 4.74 Å². The lowest BCUT2D eigenvalue weighted by atomic mass is 10.1. The highest BCUT2D eigenvalue weighted by atomic mass is 79.9. The van der Waals surface area contributed by atoms with E-state index in [-0.39, 0.29) is 6.04 Å². The molecule has 0 radical (unpaired) electrons. The van der Waals surface area contributed by atoms with Gasteiger partial charge in [0.2, 0.25) is 0 Å². The van der Waals surface area contributed by atoms with Crippen molar-refractivity contribution in [2.24, 2.45) is 0 Å². The van der Waals surface area contributed by atoms with Crippen molar-refractivity contribution in [1.82, 2.24) is 5.32 Å². The number of halogens is 2. The molecule has 2 atom stereocenters. The van der Waals surface area contributed by atoms with Crippen LogP contribution in [0.4, 0.5) is 0 Å². The first-order chi connectivity index (χ1) is 8.04. The number of methoxy groups -OCH3 is 1. The Labute approximate surface area is 117 Å². The molecule has 0 fully saturated rings. The first kappa shape index (κ1) is 15.0. The van der Waals surface area contributed by atoms with E-state index in [4.69, 9.17) is 16.3 Å². The second-order valence-corrected chi connectivity index (χ2v) is 5.56. The van der Waals surface area contributed by atoms with Gasteiger partial charge in [0, 0.05) is 35.3 Å². The van der Waals surface area contributed by atoms with Crippen LogP contribution in [0.1, 0.15) is 31.9 Å². The van der Waals surface area contributed by atoms with E-state index in [1.807, 2.05) is 18.2 Å². The number of nitrogens with one attached hydrogen (secondary N) is 1. The minimum absolute atomic E-state index is 0.238. The number of benzene rings is 1.